The number of allylic oxidation sites excluding steroid dienone is 1. The first kappa shape index (κ1) is 30.3. The molecule has 4 heteroatoms. The molecule has 0 aromatic carbocycles. The summed E-state index contributed by atoms with van der Waals surface area (Å²) in [5.41, 5.74) is 0.342. The summed E-state index contributed by atoms with van der Waals surface area (Å²) in [5, 5.41) is 0.528. The van der Waals surface area contributed by atoms with E-state index in [1.54, 1.807) is 0 Å². The third-order valence-corrected chi connectivity index (χ3v) is 19.0. The minimum Gasteiger partial charge on any atom is -0.414 e. The average Bonchev–Trinajstić information content (AvgIpc) is 3.18. The maximum absolute atomic E-state index is 7.04. The molecule has 0 spiro atoms. The van der Waals surface area contributed by atoms with Gasteiger partial charge in [-0.15, -0.1) is 0 Å². The molecule has 2 aliphatic rings. The predicted molar refractivity (Wildman–Crippen MR) is 156 cm³/mol. The van der Waals surface area contributed by atoms with Crippen molar-refractivity contribution in [1.82, 2.24) is 0 Å². The second-order valence-electron chi connectivity index (χ2n) is 15.0. The minimum atomic E-state index is -1.82. The second-order valence-corrected chi connectivity index (χ2v) is 24.5. The molecule has 2 rings (SSSR count). The highest BCUT2D eigenvalue weighted by atomic mass is 28.4. The number of fused-ring (bicyclic) bond motifs is 1. The third kappa shape index (κ3) is 7.55. The van der Waals surface area contributed by atoms with Gasteiger partial charge >= 0.3 is 0 Å². The van der Waals surface area contributed by atoms with Crippen molar-refractivity contribution in [1.29, 1.82) is 0 Å². The summed E-state index contributed by atoms with van der Waals surface area (Å²) in [7, 11) is -3.54. The Morgan fingerprint density at radius 2 is 1.62 bits per heavy atom. The van der Waals surface area contributed by atoms with Gasteiger partial charge in [0.2, 0.25) is 0 Å². The maximum Gasteiger partial charge on any atom is 0.192 e. The molecule has 0 saturated heterocycles. The summed E-state index contributed by atoms with van der Waals surface area (Å²) in [6, 6.07) is 0. The van der Waals surface area contributed by atoms with Crippen molar-refractivity contribution >= 4 is 16.6 Å². The molecule has 2 nitrogen and oxygen atoms in total. The van der Waals surface area contributed by atoms with Gasteiger partial charge in [-0.05, 0) is 85.6 Å². The Balaban J connectivity index is 2.20. The summed E-state index contributed by atoms with van der Waals surface area (Å²) in [6.45, 7) is 28.6. The van der Waals surface area contributed by atoms with Gasteiger partial charge < -0.3 is 8.85 Å². The van der Waals surface area contributed by atoms with E-state index in [-0.39, 0.29) is 16.2 Å². The van der Waals surface area contributed by atoms with E-state index < -0.39 is 16.6 Å². The van der Waals surface area contributed by atoms with Crippen LogP contribution < -0.4 is 0 Å². The summed E-state index contributed by atoms with van der Waals surface area (Å²) < 4.78 is 14.0. The van der Waals surface area contributed by atoms with Crippen molar-refractivity contribution in [2.75, 3.05) is 0 Å². The lowest BCUT2D eigenvalue weighted by atomic mass is 9.79. The molecule has 3 unspecified atom stereocenters. The molecule has 2 aliphatic carbocycles. The third-order valence-electron chi connectivity index (χ3n) is 10.0. The van der Waals surface area contributed by atoms with E-state index in [0.717, 1.165) is 18.3 Å². The van der Waals surface area contributed by atoms with Gasteiger partial charge in [-0.25, -0.2) is 0 Å². The van der Waals surface area contributed by atoms with Gasteiger partial charge in [0.15, 0.2) is 16.6 Å². The molecule has 0 radical (unpaired) electrons. The van der Waals surface area contributed by atoms with Crippen LogP contribution in [0, 0.1) is 17.3 Å². The lowest BCUT2D eigenvalue weighted by Crippen LogP contribution is -2.44. The summed E-state index contributed by atoms with van der Waals surface area (Å²) >= 11 is 0. The Labute approximate surface area is 216 Å². The standard InChI is InChI=1S/C30H60O2Si2/c1-13-14-16-24(2)21-26(31-33(9,10)28(3,4)5)18-20-30-19-15-17-25(30)22-27(23-30)32-34(11,12)29(6,7)8/h18,20,24-27H,13-17,19,21-23H2,1-12H3/t24-,25?,26-,27?,30?/m1/s1. The van der Waals surface area contributed by atoms with E-state index in [1.807, 2.05) is 0 Å². The van der Waals surface area contributed by atoms with Crippen LogP contribution in [0.15, 0.2) is 12.2 Å². The van der Waals surface area contributed by atoms with E-state index in [4.69, 9.17) is 8.85 Å². The monoisotopic (exact) mass is 508 g/mol. The molecular formula is C30H60O2Si2. The zero-order valence-electron chi connectivity index (χ0n) is 25.1. The van der Waals surface area contributed by atoms with Crippen LogP contribution in [-0.4, -0.2) is 28.8 Å². The van der Waals surface area contributed by atoms with Gasteiger partial charge in [0, 0.05) is 6.10 Å². The summed E-state index contributed by atoms with van der Waals surface area (Å²) in [4.78, 5) is 0. The smallest absolute Gasteiger partial charge is 0.192 e. The molecular weight excluding hydrogens is 449 g/mol. The Morgan fingerprint density at radius 1 is 1.00 bits per heavy atom. The lowest BCUT2D eigenvalue weighted by Gasteiger charge is -2.39. The molecule has 2 fully saturated rings. The number of hydrogen-bond donors (Lipinski definition) is 0. The van der Waals surface area contributed by atoms with E-state index in [1.165, 1.54) is 51.4 Å². The topological polar surface area (TPSA) is 18.5 Å². The fourth-order valence-corrected chi connectivity index (χ4v) is 8.32. The fourth-order valence-electron chi connectivity index (χ4n) is 5.67. The van der Waals surface area contributed by atoms with Crippen molar-refractivity contribution < 1.29 is 8.85 Å². The molecule has 0 aromatic rings. The molecule has 0 amide bonds. The summed E-state index contributed by atoms with van der Waals surface area (Å²) in [5.74, 6) is 1.51. The highest BCUT2D eigenvalue weighted by molar-refractivity contribution is 6.74. The Kier molecular flexibility index (Phi) is 10.0. The first-order valence-electron chi connectivity index (χ1n) is 14.5. The van der Waals surface area contributed by atoms with Crippen LogP contribution in [0.1, 0.15) is 113 Å². The molecule has 2 saturated carbocycles. The van der Waals surface area contributed by atoms with E-state index in [9.17, 15) is 0 Å². The highest BCUT2D eigenvalue weighted by Crippen LogP contribution is 2.57. The van der Waals surface area contributed by atoms with Crippen molar-refractivity contribution in [2.24, 2.45) is 17.3 Å². The summed E-state index contributed by atoms with van der Waals surface area (Å²) in [6.07, 6.45) is 17.5. The molecule has 34 heavy (non-hydrogen) atoms. The van der Waals surface area contributed by atoms with Crippen LogP contribution in [-0.2, 0) is 8.85 Å². The van der Waals surface area contributed by atoms with E-state index >= 15 is 0 Å². The fraction of sp³-hybridized carbons (Fsp3) is 0.933. The molecule has 200 valence electrons. The van der Waals surface area contributed by atoms with Crippen LogP contribution in [0.3, 0.4) is 0 Å². The quantitative estimate of drug-likeness (QED) is 0.204. The van der Waals surface area contributed by atoms with Crippen molar-refractivity contribution in [3.63, 3.8) is 0 Å². The number of unbranched alkanes of at least 4 members (excludes halogenated alkanes) is 1. The Hall–Kier alpha value is 0.0938. The van der Waals surface area contributed by atoms with Crippen LogP contribution in [0.4, 0.5) is 0 Å². The molecule has 0 heterocycles. The zero-order chi connectivity index (χ0) is 26.0. The van der Waals surface area contributed by atoms with Crippen molar-refractivity contribution in [3.05, 3.63) is 12.2 Å². The van der Waals surface area contributed by atoms with Crippen molar-refractivity contribution in [2.45, 2.75) is 162 Å². The minimum absolute atomic E-state index is 0.245. The molecule has 0 bridgehead atoms. The normalized spacial score (nSPS) is 28.5. The van der Waals surface area contributed by atoms with Gasteiger partial charge in [-0.1, -0.05) is 93.2 Å². The van der Waals surface area contributed by atoms with Crippen molar-refractivity contribution in [3.8, 4) is 0 Å². The molecule has 0 aliphatic heterocycles. The first-order valence-corrected chi connectivity index (χ1v) is 20.3. The Morgan fingerprint density at radius 3 is 2.18 bits per heavy atom. The average molecular weight is 509 g/mol. The SMILES string of the molecule is CCCC[C@@H](C)C[C@@H](C=CC12CCCC1CC(O[Si](C)(C)C(C)(C)C)C2)O[Si](C)(C)C(C)(C)C. The molecule has 5 atom stereocenters. The highest BCUT2D eigenvalue weighted by Gasteiger charge is 2.51. The molecule has 0 N–H and O–H groups in total. The van der Waals surface area contributed by atoms with Gasteiger partial charge in [0.05, 0.1) is 6.10 Å². The first-order chi connectivity index (χ1) is 15.4. The van der Waals surface area contributed by atoms with Gasteiger partial charge in [0.1, 0.15) is 0 Å². The van der Waals surface area contributed by atoms with Gasteiger partial charge in [-0.3, -0.25) is 0 Å². The second kappa shape index (κ2) is 11.2. The lowest BCUT2D eigenvalue weighted by molar-refractivity contribution is 0.170. The van der Waals surface area contributed by atoms with Gasteiger partial charge in [0.25, 0.3) is 0 Å². The van der Waals surface area contributed by atoms with E-state index in [2.05, 4.69) is 93.7 Å². The van der Waals surface area contributed by atoms with Crippen LogP contribution in [0.5, 0.6) is 0 Å². The van der Waals surface area contributed by atoms with Crippen LogP contribution in [0.25, 0.3) is 0 Å². The van der Waals surface area contributed by atoms with Crippen LogP contribution in [0.2, 0.25) is 36.3 Å². The molecule has 0 aromatic heterocycles. The Bertz CT molecular complexity index is 670. The number of rotatable bonds is 11. The van der Waals surface area contributed by atoms with Crippen LogP contribution >= 0.6 is 0 Å². The maximum atomic E-state index is 7.04. The number of hydrogen-bond acceptors (Lipinski definition) is 2. The largest absolute Gasteiger partial charge is 0.414 e. The van der Waals surface area contributed by atoms with Gasteiger partial charge in [-0.2, -0.15) is 0 Å². The zero-order valence-corrected chi connectivity index (χ0v) is 27.1. The van der Waals surface area contributed by atoms with E-state index in [0.29, 0.717) is 11.5 Å². The predicted octanol–water partition coefficient (Wildman–Crippen LogP) is 10.1.